The van der Waals surface area contributed by atoms with Crippen LogP contribution < -0.4 is 14.7 Å². The van der Waals surface area contributed by atoms with E-state index in [0.29, 0.717) is 0 Å². The van der Waals surface area contributed by atoms with E-state index in [1.807, 2.05) is 50.2 Å². The number of anilines is 2. The predicted octanol–water partition coefficient (Wildman–Crippen LogP) is 1.05. The van der Waals surface area contributed by atoms with Gasteiger partial charge in [-0.1, -0.05) is 30.3 Å². The number of para-hydroxylation sites is 3. The number of carbonyl (C=O) groups excluding carboxylic acids is 2. The number of aryl methyl sites for hydroxylation is 2. The molecule has 0 spiro atoms. The van der Waals surface area contributed by atoms with Crippen molar-refractivity contribution in [1.29, 1.82) is 0 Å². The Morgan fingerprint density at radius 3 is 2.25 bits per heavy atom. The van der Waals surface area contributed by atoms with E-state index in [4.69, 9.17) is 0 Å². The highest BCUT2D eigenvalue weighted by Crippen LogP contribution is 2.29. The molecule has 2 saturated heterocycles. The second-order valence-electron chi connectivity index (χ2n) is 7.70. The SMILES string of the molecule is Cc1cccc(C)c1N1C(=O)C[C@@H]([NH+]2CCN(c3ccccc3O)CC2)C1=O. The molecule has 2 fully saturated rings. The number of amides is 2. The quantitative estimate of drug-likeness (QED) is 0.782. The second-order valence-corrected chi connectivity index (χ2v) is 7.70. The second kappa shape index (κ2) is 7.28. The third-order valence-electron chi connectivity index (χ3n) is 5.93. The molecule has 0 unspecified atom stereocenters. The van der Waals surface area contributed by atoms with Crippen molar-refractivity contribution >= 4 is 23.2 Å². The minimum absolute atomic E-state index is 0.0894. The van der Waals surface area contributed by atoms with Gasteiger partial charge in [-0.05, 0) is 37.1 Å². The molecule has 0 aromatic heterocycles. The number of phenols is 1. The average molecular weight is 380 g/mol. The molecule has 0 aliphatic carbocycles. The maximum atomic E-state index is 13.2. The van der Waals surface area contributed by atoms with Crippen molar-refractivity contribution in [2.45, 2.75) is 26.3 Å². The van der Waals surface area contributed by atoms with Gasteiger partial charge in [-0.2, -0.15) is 0 Å². The Morgan fingerprint density at radius 1 is 0.964 bits per heavy atom. The standard InChI is InChI=1S/C22H25N3O3/c1-15-6-5-7-16(2)21(15)25-20(27)14-18(22(25)28)24-12-10-23(11-13-24)17-8-3-4-9-19(17)26/h3-9,18,26H,10-14H2,1-2H3/p+1/t18-/m1/s1. The van der Waals surface area contributed by atoms with E-state index in [-0.39, 0.29) is 30.0 Å². The Kier molecular flexibility index (Phi) is 4.81. The van der Waals surface area contributed by atoms with Gasteiger partial charge in [-0.25, -0.2) is 4.90 Å². The van der Waals surface area contributed by atoms with Crippen LogP contribution in [0.2, 0.25) is 0 Å². The number of phenolic OH excluding ortho intramolecular Hbond substituents is 1. The van der Waals surface area contributed by atoms with Gasteiger partial charge in [-0.3, -0.25) is 9.59 Å². The molecule has 0 radical (unpaired) electrons. The number of aromatic hydroxyl groups is 1. The molecule has 6 nitrogen and oxygen atoms in total. The third-order valence-corrected chi connectivity index (χ3v) is 5.93. The summed E-state index contributed by atoms with van der Waals surface area (Å²) in [6, 6.07) is 12.8. The van der Waals surface area contributed by atoms with Gasteiger partial charge in [0.1, 0.15) is 5.75 Å². The van der Waals surface area contributed by atoms with Gasteiger partial charge in [0.05, 0.1) is 44.0 Å². The number of benzene rings is 2. The summed E-state index contributed by atoms with van der Waals surface area (Å²) in [5, 5.41) is 10.1. The maximum Gasteiger partial charge on any atom is 0.292 e. The van der Waals surface area contributed by atoms with Crippen LogP contribution in [0.5, 0.6) is 5.75 Å². The van der Waals surface area contributed by atoms with E-state index < -0.39 is 0 Å². The third kappa shape index (κ3) is 3.14. The van der Waals surface area contributed by atoms with E-state index in [1.54, 1.807) is 6.07 Å². The zero-order valence-corrected chi connectivity index (χ0v) is 16.3. The Hall–Kier alpha value is -2.86. The van der Waals surface area contributed by atoms with Gasteiger partial charge < -0.3 is 14.9 Å². The first kappa shape index (κ1) is 18.5. The lowest BCUT2D eigenvalue weighted by molar-refractivity contribution is -0.915. The zero-order valence-electron chi connectivity index (χ0n) is 16.3. The van der Waals surface area contributed by atoms with Crippen LogP contribution in [0, 0.1) is 13.8 Å². The van der Waals surface area contributed by atoms with Crippen LogP contribution in [-0.4, -0.2) is 49.1 Å². The average Bonchev–Trinajstić information content (AvgIpc) is 2.97. The molecule has 2 aromatic rings. The largest absolute Gasteiger partial charge is 0.506 e. The highest BCUT2D eigenvalue weighted by molar-refractivity contribution is 6.22. The minimum Gasteiger partial charge on any atom is -0.506 e. The van der Waals surface area contributed by atoms with Crippen molar-refractivity contribution in [2.24, 2.45) is 0 Å². The molecule has 6 heteroatoms. The molecule has 146 valence electrons. The van der Waals surface area contributed by atoms with E-state index >= 15 is 0 Å². The molecule has 1 atom stereocenters. The van der Waals surface area contributed by atoms with Crippen LogP contribution in [0.4, 0.5) is 11.4 Å². The smallest absolute Gasteiger partial charge is 0.292 e. The first-order chi connectivity index (χ1) is 13.5. The first-order valence-corrected chi connectivity index (χ1v) is 9.78. The number of nitrogens with one attached hydrogen (secondary N) is 1. The van der Waals surface area contributed by atoms with Crippen LogP contribution in [0.25, 0.3) is 0 Å². The van der Waals surface area contributed by atoms with E-state index in [1.165, 1.54) is 4.90 Å². The lowest BCUT2D eigenvalue weighted by Crippen LogP contribution is -3.19. The fourth-order valence-electron chi connectivity index (χ4n) is 4.46. The number of carbonyl (C=O) groups is 2. The lowest BCUT2D eigenvalue weighted by atomic mass is 10.1. The Bertz CT molecular complexity index is 899. The highest BCUT2D eigenvalue weighted by atomic mass is 16.3. The normalized spacial score (nSPS) is 20.9. The van der Waals surface area contributed by atoms with Gasteiger partial charge in [-0.15, -0.1) is 0 Å². The molecule has 0 bridgehead atoms. The van der Waals surface area contributed by atoms with Gasteiger partial charge in [0.15, 0.2) is 6.04 Å². The Labute approximate surface area is 165 Å². The molecule has 2 amide bonds. The van der Waals surface area contributed by atoms with Crippen LogP contribution >= 0.6 is 0 Å². The summed E-state index contributed by atoms with van der Waals surface area (Å²) in [5.41, 5.74) is 3.46. The summed E-state index contributed by atoms with van der Waals surface area (Å²) in [6.07, 6.45) is 0.262. The molecule has 4 rings (SSSR count). The Morgan fingerprint density at radius 2 is 1.61 bits per heavy atom. The molecule has 28 heavy (non-hydrogen) atoms. The number of imide groups is 1. The first-order valence-electron chi connectivity index (χ1n) is 9.78. The monoisotopic (exact) mass is 380 g/mol. The highest BCUT2D eigenvalue weighted by Gasteiger charge is 2.47. The summed E-state index contributed by atoms with van der Waals surface area (Å²) in [6.45, 7) is 6.89. The number of piperazine rings is 1. The van der Waals surface area contributed by atoms with Crippen molar-refractivity contribution in [3.05, 3.63) is 53.6 Å². The topological polar surface area (TPSA) is 65.3 Å². The summed E-state index contributed by atoms with van der Waals surface area (Å²) < 4.78 is 0. The van der Waals surface area contributed by atoms with Crippen LogP contribution in [-0.2, 0) is 9.59 Å². The molecular formula is C22H26N3O3+. The van der Waals surface area contributed by atoms with Gasteiger partial charge in [0.2, 0.25) is 5.91 Å². The van der Waals surface area contributed by atoms with Gasteiger partial charge in [0, 0.05) is 0 Å². The zero-order chi connectivity index (χ0) is 19.8. The maximum absolute atomic E-state index is 13.2. The molecule has 2 aromatic carbocycles. The summed E-state index contributed by atoms with van der Waals surface area (Å²) in [7, 11) is 0. The number of rotatable bonds is 3. The fourth-order valence-corrected chi connectivity index (χ4v) is 4.46. The van der Waals surface area contributed by atoms with E-state index in [2.05, 4.69) is 4.90 Å². The van der Waals surface area contributed by atoms with Gasteiger partial charge >= 0.3 is 0 Å². The summed E-state index contributed by atoms with van der Waals surface area (Å²) in [5.74, 6) is 0.0794. The van der Waals surface area contributed by atoms with Crippen LogP contribution in [0.15, 0.2) is 42.5 Å². The molecule has 2 heterocycles. The molecule has 2 aliphatic rings. The molecule has 2 N–H and O–H groups in total. The number of nitrogens with zero attached hydrogens (tertiary/aromatic N) is 2. The summed E-state index contributed by atoms with van der Waals surface area (Å²) in [4.78, 5) is 30.6. The van der Waals surface area contributed by atoms with Gasteiger partial charge in [0.25, 0.3) is 5.91 Å². The fraction of sp³-hybridized carbons (Fsp3) is 0.364. The van der Waals surface area contributed by atoms with Crippen molar-refractivity contribution in [3.8, 4) is 5.75 Å². The molecule has 2 aliphatic heterocycles. The molecule has 0 saturated carbocycles. The predicted molar refractivity (Wildman–Crippen MR) is 108 cm³/mol. The van der Waals surface area contributed by atoms with Crippen molar-refractivity contribution in [3.63, 3.8) is 0 Å². The number of hydrogen-bond acceptors (Lipinski definition) is 4. The van der Waals surface area contributed by atoms with Crippen molar-refractivity contribution in [2.75, 3.05) is 36.0 Å². The van der Waals surface area contributed by atoms with E-state index in [0.717, 1.165) is 53.6 Å². The van der Waals surface area contributed by atoms with Crippen LogP contribution in [0.3, 0.4) is 0 Å². The molecular weight excluding hydrogens is 354 g/mol. The minimum atomic E-state index is -0.321. The number of hydrogen-bond donors (Lipinski definition) is 2. The van der Waals surface area contributed by atoms with E-state index in [9.17, 15) is 14.7 Å². The summed E-state index contributed by atoms with van der Waals surface area (Å²) >= 11 is 0. The number of quaternary nitrogens is 1. The van der Waals surface area contributed by atoms with Crippen molar-refractivity contribution in [1.82, 2.24) is 0 Å². The van der Waals surface area contributed by atoms with Crippen molar-refractivity contribution < 1.29 is 19.6 Å². The van der Waals surface area contributed by atoms with Crippen LogP contribution in [0.1, 0.15) is 17.5 Å². The Balaban J connectivity index is 1.49. The lowest BCUT2D eigenvalue weighted by Gasteiger charge is -2.35.